The summed E-state index contributed by atoms with van der Waals surface area (Å²) in [6, 6.07) is 0.0304. The molecule has 5 nitrogen and oxygen atoms in total. The average Bonchev–Trinajstić information content (AvgIpc) is 2.97. The van der Waals surface area contributed by atoms with Crippen LogP contribution in [0.1, 0.15) is 31.8 Å². The van der Waals surface area contributed by atoms with Crippen LogP contribution in [0.15, 0.2) is 11.6 Å². The maximum absolute atomic E-state index is 12.4. The van der Waals surface area contributed by atoms with Gasteiger partial charge in [-0.1, -0.05) is 20.8 Å². The normalized spacial score (nSPS) is 19.4. The van der Waals surface area contributed by atoms with E-state index >= 15 is 0 Å². The van der Waals surface area contributed by atoms with Crippen molar-refractivity contribution in [2.45, 2.75) is 26.8 Å². The molecule has 1 aliphatic rings. The zero-order valence-electron chi connectivity index (χ0n) is 12.6. The van der Waals surface area contributed by atoms with E-state index in [1.807, 2.05) is 42.8 Å². The Balaban J connectivity index is 1.98. The molecule has 1 N–H and O–H groups in total. The second kappa shape index (κ2) is 6.79. The molecule has 0 aromatic carbocycles. The van der Waals surface area contributed by atoms with Crippen LogP contribution in [0.2, 0.25) is 0 Å². The van der Waals surface area contributed by atoms with E-state index in [1.54, 1.807) is 17.5 Å². The lowest BCUT2D eigenvalue weighted by Crippen LogP contribution is -2.47. The Hall–Kier alpha value is -1.08. The number of carbonyl (C=O) groups is 2. The Morgan fingerprint density at radius 3 is 2.86 bits per heavy atom. The highest BCUT2D eigenvalue weighted by atomic mass is 32.2. The number of hydrogen-bond donors (Lipinski definition) is 1. The van der Waals surface area contributed by atoms with Crippen molar-refractivity contribution < 1.29 is 9.59 Å². The molecule has 1 fully saturated rings. The van der Waals surface area contributed by atoms with E-state index in [0.29, 0.717) is 6.54 Å². The molecule has 1 atom stereocenters. The summed E-state index contributed by atoms with van der Waals surface area (Å²) in [6.45, 7) is 6.27. The lowest BCUT2D eigenvalue weighted by molar-refractivity contribution is -0.136. The van der Waals surface area contributed by atoms with E-state index < -0.39 is 5.41 Å². The van der Waals surface area contributed by atoms with Gasteiger partial charge in [-0.3, -0.25) is 9.59 Å². The number of nitrogens with one attached hydrogen (secondary N) is 1. The Labute approximate surface area is 133 Å². The minimum atomic E-state index is -0.479. The molecule has 0 spiro atoms. The van der Waals surface area contributed by atoms with Gasteiger partial charge in [-0.25, -0.2) is 4.98 Å². The summed E-state index contributed by atoms with van der Waals surface area (Å²) in [7, 11) is 0. The lowest BCUT2D eigenvalue weighted by atomic mass is 9.96. The zero-order valence-corrected chi connectivity index (χ0v) is 14.2. The minimum Gasteiger partial charge on any atom is -0.347 e. The van der Waals surface area contributed by atoms with Gasteiger partial charge >= 0.3 is 0 Å². The number of thioether (sulfide) groups is 1. The van der Waals surface area contributed by atoms with Crippen molar-refractivity contribution >= 4 is 34.9 Å². The smallest absolute Gasteiger partial charge is 0.242 e. The molecular formula is C14H21N3O2S2. The van der Waals surface area contributed by atoms with Crippen LogP contribution >= 0.6 is 23.1 Å². The molecule has 116 valence electrons. The van der Waals surface area contributed by atoms with E-state index in [4.69, 9.17) is 0 Å². The van der Waals surface area contributed by atoms with Gasteiger partial charge in [0.05, 0.1) is 12.6 Å². The van der Waals surface area contributed by atoms with Crippen LogP contribution in [0.5, 0.6) is 0 Å². The fourth-order valence-electron chi connectivity index (χ4n) is 2.03. The number of carbonyl (C=O) groups excluding carboxylic acids is 2. The van der Waals surface area contributed by atoms with Gasteiger partial charge in [-0.2, -0.15) is 11.8 Å². The lowest BCUT2D eigenvalue weighted by Gasteiger charge is -2.34. The summed E-state index contributed by atoms with van der Waals surface area (Å²) < 4.78 is 0. The Morgan fingerprint density at radius 1 is 1.48 bits per heavy atom. The number of hydrogen-bond acceptors (Lipinski definition) is 5. The molecule has 21 heavy (non-hydrogen) atoms. The zero-order chi connectivity index (χ0) is 15.5. The van der Waals surface area contributed by atoms with Crippen LogP contribution < -0.4 is 5.32 Å². The highest BCUT2D eigenvalue weighted by molar-refractivity contribution is 7.99. The molecule has 1 aromatic heterocycles. The summed E-state index contributed by atoms with van der Waals surface area (Å²) in [4.78, 5) is 30.5. The van der Waals surface area contributed by atoms with Gasteiger partial charge in [0.2, 0.25) is 11.8 Å². The number of aromatic nitrogens is 1. The number of amides is 2. The first kappa shape index (κ1) is 16.3. The van der Waals surface area contributed by atoms with E-state index in [2.05, 4.69) is 10.3 Å². The van der Waals surface area contributed by atoms with Gasteiger partial charge in [0, 0.05) is 35.0 Å². The van der Waals surface area contributed by atoms with Crippen LogP contribution in [0, 0.1) is 5.41 Å². The Bertz CT molecular complexity index is 497. The number of nitrogens with zero attached hydrogens (tertiary/aromatic N) is 2. The molecule has 1 saturated heterocycles. The van der Waals surface area contributed by atoms with E-state index in [0.717, 1.165) is 16.5 Å². The largest absolute Gasteiger partial charge is 0.347 e. The topological polar surface area (TPSA) is 62.3 Å². The molecular weight excluding hydrogens is 306 g/mol. The molecule has 7 heteroatoms. The summed E-state index contributed by atoms with van der Waals surface area (Å²) in [5, 5.41) is 5.63. The standard InChI is InChI=1S/C14H21N3O2S2/c1-14(2,3)13(19)16-8-11(18)17-5-7-20-9-10(17)12-15-4-6-21-12/h4,6,10H,5,7-9H2,1-3H3,(H,16,19). The molecule has 0 bridgehead atoms. The van der Waals surface area contributed by atoms with E-state index in [9.17, 15) is 9.59 Å². The molecule has 1 aromatic rings. The third-order valence-corrected chi connectivity index (χ3v) is 5.17. The van der Waals surface area contributed by atoms with Crippen LogP contribution in [-0.4, -0.2) is 46.3 Å². The van der Waals surface area contributed by atoms with Crippen molar-refractivity contribution in [1.82, 2.24) is 15.2 Å². The highest BCUT2D eigenvalue weighted by Crippen LogP contribution is 2.30. The van der Waals surface area contributed by atoms with Crippen molar-refractivity contribution in [3.05, 3.63) is 16.6 Å². The summed E-state index contributed by atoms with van der Waals surface area (Å²) in [6.07, 6.45) is 1.77. The minimum absolute atomic E-state index is 0.0304. The molecule has 1 aliphatic heterocycles. The van der Waals surface area contributed by atoms with Crippen molar-refractivity contribution in [2.75, 3.05) is 24.6 Å². The quantitative estimate of drug-likeness (QED) is 0.921. The van der Waals surface area contributed by atoms with Crippen molar-refractivity contribution in [3.63, 3.8) is 0 Å². The van der Waals surface area contributed by atoms with Crippen molar-refractivity contribution in [1.29, 1.82) is 0 Å². The Morgan fingerprint density at radius 2 is 2.24 bits per heavy atom. The molecule has 2 heterocycles. The van der Waals surface area contributed by atoms with Crippen LogP contribution in [0.4, 0.5) is 0 Å². The number of rotatable bonds is 3. The average molecular weight is 327 g/mol. The van der Waals surface area contributed by atoms with Gasteiger partial charge in [0.15, 0.2) is 0 Å². The summed E-state index contributed by atoms with van der Waals surface area (Å²) >= 11 is 3.41. The predicted molar refractivity (Wildman–Crippen MR) is 86.4 cm³/mol. The number of thiazole rings is 1. The second-order valence-corrected chi connectivity index (χ2v) is 8.06. The van der Waals surface area contributed by atoms with Gasteiger partial charge in [-0.05, 0) is 0 Å². The van der Waals surface area contributed by atoms with Crippen molar-refractivity contribution in [2.24, 2.45) is 5.41 Å². The monoisotopic (exact) mass is 327 g/mol. The van der Waals surface area contributed by atoms with E-state index in [-0.39, 0.29) is 24.4 Å². The first-order valence-corrected chi connectivity index (χ1v) is 8.98. The molecule has 1 unspecified atom stereocenters. The van der Waals surface area contributed by atoms with Crippen LogP contribution in [-0.2, 0) is 9.59 Å². The summed E-state index contributed by atoms with van der Waals surface area (Å²) in [5.41, 5.74) is -0.479. The fourth-order valence-corrected chi connectivity index (χ4v) is 3.94. The van der Waals surface area contributed by atoms with Crippen molar-refractivity contribution in [3.8, 4) is 0 Å². The maximum atomic E-state index is 12.4. The maximum Gasteiger partial charge on any atom is 0.242 e. The van der Waals surface area contributed by atoms with Gasteiger partial charge in [-0.15, -0.1) is 11.3 Å². The second-order valence-electron chi connectivity index (χ2n) is 5.98. The van der Waals surface area contributed by atoms with E-state index in [1.165, 1.54) is 0 Å². The van der Waals surface area contributed by atoms with Crippen LogP contribution in [0.25, 0.3) is 0 Å². The van der Waals surface area contributed by atoms with Crippen LogP contribution in [0.3, 0.4) is 0 Å². The fraction of sp³-hybridized carbons (Fsp3) is 0.643. The molecule has 2 amide bonds. The first-order valence-electron chi connectivity index (χ1n) is 6.94. The van der Waals surface area contributed by atoms with Gasteiger partial charge < -0.3 is 10.2 Å². The summed E-state index contributed by atoms with van der Waals surface area (Å²) in [5.74, 6) is 1.66. The third-order valence-electron chi connectivity index (χ3n) is 3.27. The molecule has 0 aliphatic carbocycles. The first-order chi connectivity index (χ1) is 9.89. The highest BCUT2D eigenvalue weighted by Gasteiger charge is 2.30. The molecule has 0 radical (unpaired) electrons. The third kappa shape index (κ3) is 4.20. The Kier molecular flexibility index (Phi) is 5.27. The molecule has 0 saturated carbocycles. The molecule has 2 rings (SSSR count). The van der Waals surface area contributed by atoms with Gasteiger partial charge in [0.1, 0.15) is 5.01 Å². The van der Waals surface area contributed by atoms with Gasteiger partial charge in [0.25, 0.3) is 0 Å². The predicted octanol–water partition coefficient (Wildman–Crippen LogP) is 1.92. The SMILES string of the molecule is CC(C)(C)C(=O)NCC(=O)N1CCSCC1c1nccs1.